The Morgan fingerprint density at radius 2 is 1.64 bits per heavy atom. The van der Waals surface area contributed by atoms with Gasteiger partial charge in [0, 0.05) is 19.4 Å². The maximum atomic E-state index is 13.0. The van der Waals surface area contributed by atoms with Crippen LogP contribution in [-0.2, 0) is 16.1 Å². The van der Waals surface area contributed by atoms with E-state index in [0.717, 1.165) is 28.8 Å². The molecule has 0 bridgehead atoms. The van der Waals surface area contributed by atoms with Crippen molar-refractivity contribution < 1.29 is 9.59 Å². The van der Waals surface area contributed by atoms with E-state index in [9.17, 15) is 9.59 Å². The second-order valence-corrected chi connectivity index (χ2v) is 7.60. The van der Waals surface area contributed by atoms with Gasteiger partial charge in [0.05, 0.1) is 12.2 Å². The molecule has 2 amide bonds. The number of hydrogen-bond acceptors (Lipinski definition) is 2. The predicted molar refractivity (Wildman–Crippen MR) is 115 cm³/mol. The maximum Gasteiger partial charge on any atom is 0.229 e. The number of benzene rings is 2. The summed E-state index contributed by atoms with van der Waals surface area (Å²) in [4.78, 5) is 26.8. The second kappa shape index (κ2) is 9.36. The van der Waals surface area contributed by atoms with Gasteiger partial charge in [-0.25, -0.2) is 0 Å². The summed E-state index contributed by atoms with van der Waals surface area (Å²) in [5.41, 5.74) is 4.16. The van der Waals surface area contributed by atoms with Crippen molar-refractivity contribution in [2.75, 3.05) is 11.4 Å². The molecular formula is C24H28N2O2. The van der Waals surface area contributed by atoms with Crippen LogP contribution in [0, 0.1) is 5.92 Å². The van der Waals surface area contributed by atoms with Gasteiger partial charge in [0.15, 0.2) is 0 Å². The van der Waals surface area contributed by atoms with E-state index < -0.39 is 0 Å². The molecule has 4 heteroatoms. The van der Waals surface area contributed by atoms with Gasteiger partial charge >= 0.3 is 0 Å². The lowest BCUT2D eigenvalue weighted by Crippen LogP contribution is -2.35. The highest BCUT2D eigenvalue weighted by Gasteiger charge is 2.20. The highest BCUT2D eigenvalue weighted by Crippen LogP contribution is 2.29. The second-order valence-electron chi connectivity index (χ2n) is 7.60. The Kier molecular flexibility index (Phi) is 6.64. The fourth-order valence-corrected chi connectivity index (χ4v) is 3.32. The van der Waals surface area contributed by atoms with Gasteiger partial charge in [-0.05, 0) is 35.1 Å². The number of fused-ring (bicyclic) bond motifs is 2. The van der Waals surface area contributed by atoms with Gasteiger partial charge in [0.1, 0.15) is 0 Å². The van der Waals surface area contributed by atoms with Crippen molar-refractivity contribution in [3.05, 3.63) is 65.2 Å². The summed E-state index contributed by atoms with van der Waals surface area (Å²) in [6.07, 6.45) is 5.82. The van der Waals surface area contributed by atoms with E-state index in [1.807, 2.05) is 41.3 Å². The molecule has 0 aromatic heterocycles. The van der Waals surface area contributed by atoms with Gasteiger partial charge in [-0.15, -0.1) is 0 Å². The minimum Gasteiger partial charge on any atom is -0.356 e. The van der Waals surface area contributed by atoms with Gasteiger partial charge in [-0.2, -0.15) is 0 Å². The monoisotopic (exact) mass is 376 g/mol. The summed E-state index contributed by atoms with van der Waals surface area (Å²) in [6.45, 7) is 5.09. The van der Waals surface area contributed by atoms with E-state index in [4.69, 9.17) is 0 Å². The lowest BCUT2D eigenvalue weighted by molar-refractivity contribution is -0.121. The summed E-state index contributed by atoms with van der Waals surface area (Å²) >= 11 is 0. The van der Waals surface area contributed by atoms with Crippen LogP contribution >= 0.6 is 0 Å². The fourth-order valence-electron chi connectivity index (χ4n) is 3.32. The van der Waals surface area contributed by atoms with Gasteiger partial charge in [-0.3, -0.25) is 9.59 Å². The maximum absolute atomic E-state index is 13.0. The van der Waals surface area contributed by atoms with E-state index in [1.165, 1.54) is 0 Å². The number of nitrogens with one attached hydrogen (secondary N) is 1. The molecule has 0 unspecified atom stereocenters. The minimum absolute atomic E-state index is 0.0155. The van der Waals surface area contributed by atoms with Crippen LogP contribution in [0.2, 0.25) is 0 Å². The summed E-state index contributed by atoms with van der Waals surface area (Å²) in [5, 5.41) is 2.88. The zero-order valence-electron chi connectivity index (χ0n) is 16.7. The third kappa shape index (κ3) is 5.10. The summed E-state index contributed by atoms with van der Waals surface area (Å²) in [5.74, 6) is 0.530. The van der Waals surface area contributed by atoms with Gasteiger partial charge in [0.2, 0.25) is 11.8 Å². The Labute approximate surface area is 167 Å². The van der Waals surface area contributed by atoms with Gasteiger partial charge in [0.25, 0.3) is 0 Å². The molecule has 0 atom stereocenters. The van der Waals surface area contributed by atoms with Gasteiger partial charge in [-0.1, -0.05) is 68.5 Å². The number of amides is 2. The van der Waals surface area contributed by atoms with E-state index in [1.54, 1.807) is 0 Å². The Morgan fingerprint density at radius 3 is 2.43 bits per heavy atom. The first kappa shape index (κ1) is 19.9. The standard InChI is InChI=1S/C24H28N2O2/c1-18(2)11-14-23(27)25-16-15-24(28)26-17-21-9-4-3-7-19(21)12-13-20-8-5-6-10-22(20)26/h3-10,12-13,18H,11,14-17H2,1-2H3,(H,25,27)/b13-12-. The molecular weight excluding hydrogens is 348 g/mol. The molecule has 0 spiro atoms. The predicted octanol–water partition coefficient (Wildman–Crippen LogP) is 4.65. The quantitative estimate of drug-likeness (QED) is 0.798. The molecule has 0 aliphatic carbocycles. The number of para-hydroxylation sites is 1. The van der Waals surface area contributed by atoms with Crippen molar-refractivity contribution in [3.63, 3.8) is 0 Å². The molecule has 2 aromatic rings. The van der Waals surface area contributed by atoms with Crippen molar-refractivity contribution in [3.8, 4) is 0 Å². The smallest absolute Gasteiger partial charge is 0.229 e. The number of carbonyl (C=O) groups is 2. The van der Waals surface area contributed by atoms with Crippen molar-refractivity contribution >= 4 is 29.7 Å². The first-order chi connectivity index (χ1) is 13.5. The van der Waals surface area contributed by atoms with E-state index in [0.29, 0.717) is 25.4 Å². The molecule has 1 N–H and O–H groups in total. The molecule has 2 aromatic carbocycles. The van der Waals surface area contributed by atoms with Crippen molar-refractivity contribution in [1.29, 1.82) is 0 Å². The van der Waals surface area contributed by atoms with Crippen LogP contribution in [0.15, 0.2) is 48.5 Å². The van der Waals surface area contributed by atoms with Crippen LogP contribution in [-0.4, -0.2) is 18.4 Å². The first-order valence-corrected chi connectivity index (χ1v) is 9.96. The molecule has 0 saturated carbocycles. The largest absolute Gasteiger partial charge is 0.356 e. The molecule has 1 aliphatic rings. The molecule has 0 saturated heterocycles. The van der Waals surface area contributed by atoms with E-state index in [-0.39, 0.29) is 18.2 Å². The number of nitrogens with zero attached hydrogens (tertiary/aromatic N) is 1. The summed E-state index contributed by atoms with van der Waals surface area (Å²) < 4.78 is 0. The lowest BCUT2D eigenvalue weighted by Gasteiger charge is -2.27. The summed E-state index contributed by atoms with van der Waals surface area (Å²) in [6, 6.07) is 16.1. The Morgan fingerprint density at radius 1 is 0.964 bits per heavy atom. The highest BCUT2D eigenvalue weighted by atomic mass is 16.2. The number of rotatable bonds is 6. The molecule has 28 heavy (non-hydrogen) atoms. The normalized spacial score (nSPS) is 13.9. The average molecular weight is 377 g/mol. The number of anilines is 1. The average Bonchev–Trinajstić information content (AvgIpc) is 2.68. The summed E-state index contributed by atoms with van der Waals surface area (Å²) in [7, 11) is 0. The molecule has 0 fully saturated rings. The topological polar surface area (TPSA) is 49.4 Å². The SMILES string of the molecule is CC(C)CCC(=O)NCCC(=O)N1Cc2ccccc2/C=C\c2ccccc21. The lowest BCUT2D eigenvalue weighted by atomic mass is 10.0. The van der Waals surface area contributed by atoms with Gasteiger partial charge < -0.3 is 10.2 Å². The molecule has 0 radical (unpaired) electrons. The van der Waals surface area contributed by atoms with E-state index >= 15 is 0 Å². The molecule has 146 valence electrons. The molecule has 1 heterocycles. The molecule has 3 rings (SSSR count). The molecule has 4 nitrogen and oxygen atoms in total. The first-order valence-electron chi connectivity index (χ1n) is 9.96. The van der Waals surface area contributed by atoms with Crippen LogP contribution in [0.1, 0.15) is 49.8 Å². The highest BCUT2D eigenvalue weighted by molar-refractivity contribution is 5.97. The van der Waals surface area contributed by atoms with Crippen LogP contribution in [0.5, 0.6) is 0 Å². The van der Waals surface area contributed by atoms with Crippen LogP contribution in [0.25, 0.3) is 12.2 Å². The fraction of sp³-hybridized carbons (Fsp3) is 0.333. The van der Waals surface area contributed by atoms with Crippen LogP contribution in [0.3, 0.4) is 0 Å². The zero-order valence-corrected chi connectivity index (χ0v) is 16.7. The third-order valence-corrected chi connectivity index (χ3v) is 4.96. The number of carbonyl (C=O) groups excluding carboxylic acids is 2. The number of hydrogen-bond donors (Lipinski definition) is 1. The zero-order chi connectivity index (χ0) is 19.9. The van der Waals surface area contributed by atoms with Crippen LogP contribution in [0.4, 0.5) is 5.69 Å². The van der Waals surface area contributed by atoms with Crippen LogP contribution < -0.4 is 10.2 Å². The van der Waals surface area contributed by atoms with E-state index in [2.05, 4.69) is 43.4 Å². The Balaban J connectivity index is 1.72. The van der Waals surface area contributed by atoms with Crippen molar-refractivity contribution in [1.82, 2.24) is 5.32 Å². The third-order valence-electron chi connectivity index (χ3n) is 4.96. The Bertz CT molecular complexity index is 870. The molecule has 1 aliphatic heterocycles. The Hall–Kier alpha value is -2.88. The van der Waals surface area contributed by atoms with Crippen molar-refractivity contribution in [2.45, 2.75) is 39.7 Å². The minimum atomic E-state index is 0.0155. The van der Waals surface area contributed by atoms with Crippen molar-refractivity contribution in [2.24, 2.45) is 5.92 Å².